The van der Waals surface area contributed by atoms with E-state index in [9.17, 15) is 27.6 Å². The van der Waals surface area contributed by atoms with E-state index < -0.39 is 35.8 Å². The topological polar surface area (TPSA) is 109 Å². The number of hydrogen-bond donors (Lipinski definition) is 3. The predicted molar refractivity (Wildman–Crippen MR) is 138 cm³/mol. The Bertz CT molecular complexity index is 1250. The average molecular weight is 545 g/mol. The third kappa shape index (κ3) is 6.07. The number of aromatic nitrogens is 1. The van der Waals surface area contributed by atoms with Gasteiger partial charge in [-0.1, -0.05) is 25.1 Å². The summed E-state index contributed by atoms with van der Waals surface area (Å²) in [5.74, 6) is -1.93. The van der Waals surface area contributed by atoms with Crippen LogP contribution in [-0.4, -0.2) is 41.6 Å². The molecule has 2 aliphatic carbocycles. The van der Waals surface area contributed by atoms with Gasteiger partial charge in [-0.05, 0) is 49.9 Å². The van der Waals surface area contributed by atoms with Crippen molar-refractivity contribution in [3.63, 3.8) is 0 Å². The van der Waals surface area contributed by atoms with Crippen molar-refractivity contribution in [1.29, 1.82) is 0 Å². The van der Waals surface area contributed by atoms with Gasteiger partial charge in [0.2, 0.25) is 11.8 Å². The van der Waals surface area contributed by atoms with Crippen LogP contribution >= 0.6 is 0 Å². The third-order valence-corrected chi connectivity index (χ3v) is 7.66. The van der Waals surface area contributed by atoms with Crippen LogP contribution in [0.15, 0.2) is 55.3 Å². The van der Waals surface area contributed by atoms with Gasteiger partial charge in [0.1, 0.15) is 6.10 Å². The quantitative estimate of drug-likeness (QED) is 0.409. The number of pyridine rings is 1. The SMILES string of the molecule is C=C[C@@H]1C[C@@]1(CC)NC(=O)[C@@H]1C[C@@H](OC(=O)Nc2cc(C(F)(F)F)ccc2-c2ccccn2)C[C@H]1C(=O)NC. The zero-order valence-electron chi connectivity index (χ0n) is 21.7. The van der Waals surface area contributed by atoms with Crippen molar-refractivity contribution in [2.24, 2.45) is 17.8 Å². The first kappa shape index (κ1) is 28.1. The molecular weight excluding hydrogens is 513 g/mol. The molecule has 0 radical (unpaired) electrons. The molecule has 0 bridgehead atoms. The Hall–Kier alpha value is -3.89. The van der Waals surface area contributed by atoms with Gasteiger partial charge in [-0.2, -0.15) is 13.2 Å². The minimum absolute atomic E-state index is 0.102. The summed E-state index contributed by atoms with van der Waals surface area (Å²) in [6.07, 6.45) is -1.43. The molecule has 4 rings (SSSR count). The Morgan fingerprint density at radius 2 is 1.87 bits per heavy atom. The molecule has 2 aromatic rings. The van der Waals surface area contributed by atoms with Crippen LogP contribution in [-0.2, 0) is 20.5 Å². The number of benzene rings is 1. The van der Waals surface area contributed by atoms with Gasteiger partial charge in [0.25, 0.3) is 0 Å². The molecule has 0 unspecified atom stereocenters. The minimum atomic E-state index is -4.63. The van der Waals surface area contributed by atoms with E-state index in [4.69, 9.17) is 4.74 Å². The van der Waals surface area contributed by atoms with Crippen molar-refractivity contribution in [2.75, 3.05) is 12.4 Å². The summed E-state index contributed by atoms with van der Waals surface area (Å²) in [7, 11) is 1.47. The number of rotatable bonds is 8. The summed E-state index contributed by atoms with van der Waals surface area (Å²) in [6, 6.07) is 7.90. The minimum Gasteiger partial charge on any atom is -0.446 e. The van der Waals surface area contributed by atoms with Gasteiger partial charge in [-0.15, -0.1) is 6.58 Å². The van der Waals surface area contributed by atoms with Crippen molar-refractivity contribution in [3.05, 3.63) is 60.8 Å². The second-order valence-corrected chi connectivity index (χ2v) is 9.97. The van der Waals surface area contributed by atoms with Gasteiger partial charge in [0.15, 0.2) is 0 Å². The Labute approximate surface area is 224 Å². The molecule has 39 heavy (non-hydrogen) atoms. The molecule has 208 valence electrons. The van der Waals surface area contributed by atoms with Crippen LogP contribution < -0.4 is 16.0 Å². The fraction of sp³-hybridized carbons (Fsp3) is 0.429. The smallest absolute Gasteiger partial charge is 0.416 e. The molecule has 1 heterocycles. The van der Waals surface area contributed by atoms with E-state index in [0.717, 1.165) is 18.6 Å². The number of amides is 3. The highest BCUT2D eigenvalue weighted by Crippen LogP contribution is 2.47. The van der Waals surface area contributed by atoms with Crippen LogP contribution in [0, 0.1) is 17.8 Å². The van der Waals surface area contributed by atoms with E-state index >= 15 is 0 Å². The third-order valence-electron chi connectivity index (χ3n) is 7.66. The molecule has 2 aliphatic rings. The summed E-state index contributed by atoms with van der Waals surface area (Å²) >= 11 is 0. The average Bonchev–Trinajstić information content (AvgIpc) is 3.46. The number of hydrogen-bond acceptors (Lipinski definition) is 5. The number of nitrogens with one attached hydrogen (secondary N) is 3. The fourth-order valence-corrected chi connectivity index (χ4v) is 5.33. The van der Waals surface area contributed by atoms with Crippen LogP contribution in [0.1, 0.15) is 38.2 Å². The molecule has 2 saturated carbocycles. The van der Waals surface area contributed by atoms with Gasteiger partial charge in [-0.25, -0.2) is 4.79 Å². The number of carbonyl (C=O) groups excluding carboxylic acids is 3. The molecular formula is C28H31F3N4O4. The molecule has 1 aromatic carbocycles. The second kappa shape index (κ2) is 11.1. The van der Waals surface area contributed by atoms with Crippen LogP contribution in [0.4, 0.5) is 23.7 Å². The first-order chi connectivity index (χ1) is 18.5. The van der Waals surface area contributed by atoms with Crippen LogP contribution in [0.5, 0.6) is 0 Å². The lowest BCUT2D eigenvalue weighted by Gasteiger charge is -2.22. The van der Waals surface area contributed by atoms with Crippen molar-refractivity contribution >= 4 is 23.6 Å². The molecule has 3 N–H and O–H groups in total. The summed E-state index contributed by atoms with van der Waals surface area (Å²) in [6.45, 7) is 5.77. The molecule has 5 atom stereocenters. The summed E-state index contributed by atoms with van der Waals surface area (Å²) in [5.41, 5.74) is -0.816. The molecule has 11 heteroatoms. The van der Waals surface area contributed by atoms with Gasteiger partial charge in [0.05, 0.1) is 28.8 Å². The van der Waals surface area contributed by atoms with Gasteiger partial charge >= 0.3 is 12.3 Å². The molecule has 3 amide bonds. The number of ether oxygens (including phenoxy) is 1. The number of alkyl halides is 3. The van der Waals surface area contributed by atoms with Crippen LogP contribution in [0.25, 0.3) is 11.3 Å². The lowest BCUT2D eigenvalue weighted by Crippen LogP contribution is -2.44. The first-order valence-electron chi connectivity index (χ1n) is 12.8. The lowest BCUT2D eigenvalue weighted by atomic mass is 9.93. The molecule has 0 saturated heterocycles. The lowest BCUT2D eigenvalue weighted by molar-refractivity contribution is -0.137. The number of anilines is 1. The zero-order chi connectivity index (χ0) is 28.4. The van der Waals surface area contributed by atoms with Crippen molar-refractivity contribution in [1.82, 2.24) is 15.6 Å². The fourth-order valence-electron chi connectivity index (χ4n) is 5.33. The summed E-state index contributed by atoms with van der Waals surface area (Å²) in [5, 5.41) is 8.04. The number of halogens is 3. The van der Waals surface area contributed by atoms with Crippen LogP contribution in [0.3, 0.4) is 0 Å². The van der Waals surface area contributed by atoms with E-state index in [2.05, 4.69) is 27.5 Å². The molecule has 8 nitrogen and oxygen atoms in total. The molecule has 1 aromatic heterocycles. The standard InChI is InChI=1S/C28H31F3N4O4/c1-4-16-15-27(16,5-2)35-25(37)21-14-18(13-20(21)24(36)32-3)39-26(38)34-23-12-17(28(29,30)31)9-10-19(23)22-8-6-7-11-33-22/h4,6-12,16,18,20-21H,1,5,13-15H2,2-3H3,(H,32,36)(H,34,38)(H,35,37)/t16-,18+,20-,21-,27-/m1/s1. The highest BCUT2D eigenvalue weighted by atomic mass is 19.4. The number of carbonyl (C=O) groups is 3. The Morgan fingerprint density at radius 3 is 2.44 bits per heavy atom. The van der Waals surface area contributed by atoms with Crippen molar-refractivity contribution in [3.8, 4) is 11.3 Å². The maximum absolute atomic E-state index is 13.4. The van der Waals surface area contributed by atoms with E-state index in [0.29, 0.717) is 12.1 Å². The maximum Gasteiger partial charge on any atom is 0.416 e. The van der Waals surface area contributed by atoms with Gasteiger partial charge in [-0.3, -0.25) is 19.9 Å². The Balaban J connectivity index is 1.50. The van der Waals surface area contributed by atoms with E-state index in [-0.39, 0.29) is 47.4 Å². The Morgan fingerprint density at radius 1 is 1.15 bits per heavy atom. The summed E-state index contributed by atoms with van der Waals surface area (Å²) in [4.78, 5) is 42.8. The largest absolute Gasteiger partial charge is 0.446 e. The van der Waals surface area contributed by atoms with Crippen LogP contribution in [0.2, 0.25) is 0 Å². The van der Waals surface area contributed by atoms with Crippen molar-refractivity contribution < 1.29 is 32.3 Å². The Kier molecular flexibility index (Phi) is 7.99. The maximum atomic E-state index is 13.4. The highest BCUT2D eigenvalue weighted by molar-refractivity contribution is 5.92. The van der Waals surface area contributed by atoms with Gasteiger partial charge in [0, 0.05) is 30.3 Å². The van der Waals surface area contributed by atoms with E-state index in [1.165, 1.54) is 19.3 Å². The first-order valence-corrected chi connectivity index (χ1v) is 12.8. The molecule has 2 fully saturated rings. The molecule has 0 aliphatic heterocycles. The monoisotopic (exact) mass is 544 g/mol. The highest BCUT2D eigenvalue weighted by Gasteiger charge is 2.54. The van der Waals surface area contributed by atoms with Gasteiger partial charge < -0.3 is 15.4 Å². The zero-order valence-corrected chi connectivity index (χ0v) is 21.7. The normalized spacial score (nSPS) is 25.9. The molecule has 0 spiro atoms. The van der Waals surface area contributed by atoms with Crippen molar-refractivity contribution in [2.45, 2.75) is 50.4 Å². The number of nitrogens with zero attached hydrogens (tertiary/aromatic N) is 1. The predicted octanol–water partition coefficient (Wildman–Crippen LogP) is 4.93. The van der Waals surface area contributed by atoms with E-state index in [1.807, 2.05) is 6.92 Å². The van der Waals surface area contributed by atoms with E-state index in [1.54, 1.807) is 24.3 Å². The second-order valence-electron chi connectivity index (χ2n) is 9.97. The summed E-state index contributed by atoms with van der Waals surface area (Å²) < 4.78 is 45.7.